The van der Waals surface area contributed by atoms with Gasteiger partial charge >= 0.3 is 0 Å². The maximum atomic E-state index is 9.15. The third kappa shape index (κ3) is 8.28. The minimum absolute atomic E-state index is 0.153. The zero-order valence-electron chi connectivity index (χ0n) is 23.0. The molecule has 0 heterocycles. The summed E-state index contributed by atoms with van der Waals surface area (Å²) in [5.74, 6) is 0. The Morgan fingerprint density at radius 3 is 1.75 bits per heavy atom. The van der Waals surface area contributed by atoms with E-state index in [1.165, 1.54) is 22.3 Å². The first-order chi connectivity index (χ1) is 17.8. The zero-order chi connectivity index (χ0) is 26.1. The summed E-state index contributed by atoms with van der Waals surface area (Å²) in [6.07, 6.45) is 1.75. The Balaban J connectivity index is 1.54. The maximum absolute atomic E-state index is 9.15. The highest BCUT2D eigenvalue weighted by atomic mass is 28.3. The van der Waals surface area contributed by atoms with Crippen LogP contribution < -0.4 is 5.32 Å². The van der Waals surface area contributed by atoms with Crippen molar-refractivity contribution in [2.24, 2.45) is 5.41 Å². The third-order valence-corrected chi connectivity index (χ3v) is 7.66. The summed E-state index contributed by atoms with van der Waals surface area (Å²) < 4.78 is 21.9. The van der Waals surface area contributed by atoms with Crippen LogP contribution in [0.2, 0.25) is 19.6 Å². The van der Waals surface area contributed by atoms with Crippen molar-refractivity contribution in [2.45, 2.75) is 58.3 Å². The fraction of sp³-hybridized carbons (Fsp3) is 0.375. The lowest BCUT2D eigenvalue weighted by molar-refractivity contribution is -0.0297. The van der Waals surface area contributed by atoms with Gasteiger partial charge in [0.1, 0.15) is 0 Å². The quantitative estimate of drug-likeness (QED) is 0.268. The smallest absolute Gasteiger partial charge is 0.0717 e. The molecule has 0 aliphatic heterocycles. The lowest BCUT2D eigenvalue weighted by Crippen LogP contribution is -2.34. The van der Waals surface area contributed by atoms with Crippen molar-refractivity contribution in [3.8, 4) is 0 Å². The van der Waals surface area contributed by atoms with Gasteiger partial charge in [0.15, 0.2) is 0 Å². The number of benzene rings is 3. The normalized spacial score (nSPS) is 19.2. The molecule has 3 aromatic rings. The van der Waals surface area contributed by atoms with E-state index in [9.17, 15) is 0 Å². The molecule has 1 aliphatic rings. The summed E-state index contributed by atoms with van der Waals surface area (Å²) >= 11 is 0. The van der Waals surface area contributed by atoms with Crippen LogP contribution in [0.1, 0.15) is 30.9 Å². The van der Waals surface area contributed by atoms with Crippen molar-refractivity contribution < 1.29 is 10.8 Å². The van der Waals surface area contributed by atoms with Crippen LogP contribution in [0.4, 0.5) is 0 Å². The van der Waals surface area contributed by atoms with E-state index in [1.54, 1.807) is 0 Å². The minimum Gasteiger partial charge on any atom is -0.376 e. The minimum atomic E-state index is -1.78. The highest BCUT2D eigenvalue weighted by Crippen LogP contribution is 2.43. The van der Waals surface area contributed by atoms with Gasteiger partial charge in [-0.15, -0.1) is 0 Å². The molecule has 3 nitrogen and oxygen atoms in total. The van der Waals surface area contributed by atoms with E-state index in [4.69, 9.17) is 10.8 Å². The van der Waals surface area contributed by atoms with E-state index in [1.807, 2.05) is 12.1 Å². The Bertz CT molecular complexity index is 1080. The molecular formula is C32H41NO2Si. The van der Waals surface area contributed by atoms with Crippen molar-refractivity contribution >= 4 is 8.07 Å². The highest BCUT2D eigenvalue weighted by Gasteiger charge is 2.43. The molecule has 0 radical (unpaired) electrons. The summed E-state index contributed by atoms with van der Waals surface area (Å²) in [6, 6.07) is 31.4. The molecule has 1 atom stereocenters. The molecule has 0 aromatic heterocycles. The molecule has 0 saturated heterocycles. The van der Waals surface area contributed by atoms with Crippen molar-refractivity contribution in [1.82, 2.24) is 5.32 Å². The van der Waals surface area contributed by atoms with Crippen molar-refractivity contribution in [1.29, 1.82) is 0 Å². The summed E-state index contributed by atoms with van der Waals surface area (Å²) in [5, 5.41) is 3.81. The second-order valence-electron chi connectivity index (χ2n) is 11.2. The van der Waals surface area contributed by atoms with Gasteiger partial charge in [0.05, 0.1) is 35.9 Å². The fourth-order valence-corrected chi connectivity index (χ4v) is 6.21. The summed E-state index contributed by atoms with van der Waals surface area (Å²) in [6.45, 7) is 10.0. The number of hydrogen-bond donors (Lipinski definition) is 1. The van der Waals surface area contributed by atoms with Crippen LogP contribution in [0.15, 0.2) is 102 Å². The zero-order valence-corrected chi connectivity index (χ0v) is 23.0. The standard InChI is InChI=1S/C32H41NO2Si/c1-36(2,3)24-30-19-32(25-34-22-28-15-9-5-10-16-28,26-35-23-29-17-11-6-12-18-29)20-31(30)33-21-27-13-7-4-8-14-27/h4-18,24,31,33H,19-23,25-26H2,1-3H3/b30-24+/i24D. The molecule has 0 bridgehead atoms. The van der Waals surface area contributed by atoms with Crippen LogP contribution in [-0.4, -0.2) is 27.3 Å². The van der Waals surface area contributed by atoms with E-state index >= 15 is 0 Å². The highest BCUT2D eigenvalue weighted by molar-refractivity contribution is 6.81. The van der Waals surface area contributed by atoms with Gasteiger partial charge < -0.3 is 14.8 Å². The first-order valence-electron chi connectivity index (χ1n) is 13.6. The molecule has 36 heavy (non-hydrogen) atoms. The molecule has 1 saturated carbocycles. The molecule has 1 unspecified atom stereocenters. The molecule has 1 N–H and O–H groups in total. The maximum Gasteiger partial charge on any atom is 0.0717 e. The molecule has 1 fully saturated rings. The van der Waals surface area contributed by atoms with Crippen LogP contribution in [0.25, 0.3) is 0 Å². The first kappa shape index (κ1) is 25.2. The van der Waals surface area contributed by atoms with E-state index in [2.05, 4.69) is 104 Å². The van der Waals surface area contributed by atoms with Crippen molar-refractivity contribution in [3.05, 3.63) is 119 Å². The lowest BCUT2D eigenvalue weighted by Gasteiger charge is -2.29. The monoisotopic (exact) mass is 500 g/mol. The molecule has 3 aromatic carbocycles. The largest absolute Gasteiger partial charge is 0.376 e. The van der Waals surface area contributed by atoms with Crippen LogP contribution in [0, 0.1) is 5.41 Å². The average Bonchev–Trinajstić information content (AvgIpc) is 3.26. The van der Waals surface area contributed by atoms with Crippen LogP contribution in [0.5, 0.6) is 0 Å². The van der Waals surface area contributed by atoms with E-state index in [0.29, 0.717) is 26.4 Å². The van der Waals surface area contributed by atoms with Crippen LogP contribution in [-0.2, 0) is 29.2 Å². The first-order valence-corrected chi connectivity index (χ1v) is 16.6. The van der Waals surface area contributed by atoms with Crippen molar-refractivity contribution in [2.75, 3.05) is 13.2 Å². The molecule has 0 spiro atoms. The van der Waals surface area contributed by atoms with E-state index in [-0.39, 0.29) is 11.5 Å². The Morgan fingerprint density at radius 1 is 0.806 bits per heavy atom. The Labute approximate surface area is 220 Å². The summed E-state index contributed by atoms with van der Waals surface area (Å²) in [4.78, 5) is 0. The Kier molecular flexibility index (Phi) is 8.84. The van der Waals surface area contributed by atoms with Crippen molar-refractivity contribution in [3.63, 3.8) is 0 Å². The molecule has 0 amide bonds. The van der Waals surface area contributed by atoms with Gasteiger partial charge in [0.2, 0.25) is 0 Å². The second-order valence-corrected chi connectivity index (χ2v) is 15.9. The van der Waals surface area contributed by atoms with Gasteiger partial charge in [-0.3, -0.25) is 0 Å². The van der Waals surface area contributed by atoms with Gasteiger partial charge in [-0.05, 0) is 29.5 Å². The summed E-state index contributed by atoms with van der Waals surface area (Å²) in [5.41, 5.74) is 5.57. The lowest BCUT2D eigenvalue weighted by atomic mass is 9.87. The fourth-order valence-electron chi connectivity index (χ4n) is 4.98. The van der Waals surface area contributed by atoms with Crippen LogP contribution in [0.3, 0.4) is 0 Å². The number of nitrogens with one attached hydrogen (secondary N) is 1. The number of ether oxygens (including phenoxy) is 2. The predicted octanol–water partition coefficient (Wildman–Crippen LogP) is 7.16. The number of rotatable bonds is 12. The van der Waals surface area contributed by atoms with Crippen LogP contribution >= 0.6 is 0 Å². The molecular weight excluding hydrogens is 458 g/mol. The van der Waals surface area contributed by atoms with E-state index < -0.39 is 8.07 Å². The second kappa shape index (κ2) is 12.6. The van der Waals surface area contributed by atoms with Gasteiger partial charge in [-0.1, -0.05) is 122 Å². The SMILES string of the molecule is [2H]/C(=C1/CC(COCc2ccccc2)(COCc2ccccc2)CC1NCc1ccccc1)[Si](C)(C)C. The van der Waals surface area contributed by atoms with Gasteiger partial charge in [-0.2, -0.15) is 0 Å². The average molecular weight is 501 g/mol. The molecule has 1 aliphatic carbocycles. The predicted molar refractivity (Wildman–Crippen MR) is 152 cm³/mol. The summed E-state index contributed by atoms with van der Waals surface area (Å²) in [7, 11) is -1.78. The van der Waals surface area contributed by atoms with Gasteiger partial charge in [0, 0.05) is 18.0 Å². The Hall–Kier alpha value is -2.50. The molecule has 4 heteroatoms. The number of hydrogen-bond acceptors (Lipinski definition) is 3. The molecule has 190 valence electrons. The molecule has 4 rings (SSSR count). The Morgan fingerprint density at radius 2 is 1.28 bits per heavy atom. The van der Waals surface area contributed by atoms with Gasteiger partial charge in [-0.25, -0.2) is 0 Å². The topological polar surface area (TPSA) is 30.5 Å². The third-order valence-electron chi connectivity index (χ3n) is 6.59. The van der Waals surface area contributed by atoms with E-state index in [0.717, 1.165) is 25.1 Å². The van der Waals surface area contributed by atoms with Gasteiger partial charge in [0.25, 0.3) is 0 Å².